The van der Waals surface area contributed by atoms with Crippen LogP contribution in [0.15, 0.2) is 36.4 Å². The van der Waals surface area contributed by atoms with Gasteiger partial charge in [-0.2, -0.15) is 0 Å². The van der Waals surface area contributed by atoms with Gasteiger partial charge in [-0.1, -0.05) is 37.3 Å². The molecule has 1 aliphatic heterocycles. The molecule has 1 fully saturated rings. The third-order valence-electron chi connectivity index (χ3n) is 4.47. The first-order chi connectivity index (χ1) is 9.70. The molecule has 0 saturated carbocycles. The van der Waals surface area contributed by atoms with Gasteiger partial charge in [-0.25, -0.2) is 0 Å². The molecule has 2 aromatic rings. The Morgan fingerprint density at radius 1 is 1.20 bits per heavy atom. The number of anilines is 1. The Hall–Kier alpha value is -1.58. The second-order valence-corrected chi connectivity index (χ2v) is 5.77. The molecule has 20 heavy (non-hydrogen) atoms. The van der Waals surface area contributed by atoms with Crippen molar-refractivity contribution in [3.8, 4) is 0 Å². The fourth-order valence-corrected chi connectivity index (χ4v) is 3.07. The Morgan fingerprint density at radius 2 is 1.95 bits per heavy atom. The van der Waals surface area contributed by atoms with Gasteiger partial charge in [0, 0.05) is 30.7 Å². The number of aliphatic hydroxyl groups is 1. The third kappa shape index (κ3) is 2.28. The Bertz CT molecular complexity index is 611. The standard InChI is InChI=1S/C17H22N2O/c1-12-8-9-19(11-17(12)20)16-7-6-13(10-18)14-4-2-3-5-15(14)16/h2-7,12,17,20H,8-11,18H2,1H3. The van der Waals surface area contributed by atoms with Crippen LogP contribution >= 0.6 is 0 Å². The molecule has 0 radical (unpaired) electrons. The highest BCUT2D eigenvalue weighted by molar-refractivity contribution is 5.96. The van der Waals surface area contributed by atoms with Gasteiger partial charge >= 0.3 is 0 Å². The SMILES string of the molecule is CC1CCN(c2ccc(CN)c3ccccc23)CC1O. The molecule has 1 saturated heterocycles. The summed E-state index contributed by atoms with van der Waals surface area (Å²) in [5.74, 6) is 0.390. The minimum atomic E-state index is -0.239. The molecule has 2 atom stereocenters. The molecule has 3 heteroatoms. The number of hydrogen-bond acceptors (Lipinski definition) is 3. The van der Waals surface area contributed by atoms with E-state index in [0.29, 0.717) is 19.0 Å². The number of benzene rings is 2. The molecule has 106 valence electrons. The van der Waals surface area contributed by atoms with Gasteiger partial charge in [0.1, 0.15) is 0 Å². The number of piperidine rings is 1. The van der Waals surface area contributed by atoms with E-state index in [4.69, 9.17) is 5.73 Å². The number of rotatable bonds is 2. The number of aliphatic hydroxyl groups excluding tert-OH is 1. The van der Waals surface area contributed by atoms with E-state index in [9.17, 15) is 5.11 Å². The summed E-state index contributed by atoms with van der Waals surface area (Å²) in [5, 5.41) is 12.6. The maximum atomic E-state index is 10.1. The summed E-state index contributed by atoms with van der Waals surface area (Å²) < 4.78 is 0. The van der Waals surface area contributed by atoms with Crippen molar-refractivity contribution in [1.82, 2.24) is 0 Å². The van der Waals surface area contributed by atoms with Crippen molar-refractivity contribution in [2.45, 2.75) is 26.0 Å². The summed E-state index contributed by atoms with van der Waals surface area (Å²) in [6.45, 7) is 4.40. The molecule has 2 unspecified atom stereocenters. The topological polar surface area (TPSA) is 49.5 Å². The van der Waals surface area contributed by atoms with Crippen LogP contribution in [0.3, 0.4) is 0 Å². The normalized spacial score (nSPS) is 23.2. The van der Waals surface area contributed by atoms with Crippen LogP contribution in [0.5, 0.6) is 0 Å². The van der Waals surface area contributed by atoms with E-state index in [-0.39, 0.29) is 6.10 Å². The minimum Gasteiger partial charge on any atom is -0.391 e. The monoisotopic (exact) mass is 270 g/mol. The van der Waals surface area contributed by atoms with Crippen LogP contribution in [0.4, 0.5) is 5.69 Å². The summed E-state index contributed by atoms with van der Waals surface area (Å²) >= 11 is 0. The highest BCUT2D eigenvalue weighted by Crippen LogP contribution is 2.32. The van der Waals surface area contributed by atoms with Gasteiger partial charge in [0.05, 0.1) is 6.10 Å². The highest BCUT2D eigenvalue weighted by atomic mass is 16.3. The second kappa shape index (κ2) is 5.43. The van der Waals surface area contributed by atoms with E-state index in [1.54, 1.807) is 0 Å². The number of β-amino-alcohol motifs (C(OH)–C–C–N with tert-alkyl or cyclic N) is 1. The smallest absolute Gasteiger partial charge is 0.0741 e. The van der Waals surface area contributed by atoms with Crippen LogP contribution in [0.25, 0.3) is 10.8 Å². The van der Waals surface area contributed by atoms with Gasteiger partial charge in [0.15, 0.2) is 0 Å². The first-order valence-corrected chi connectivity index (χ1v) is 7.34. The molecule has 3 N–H and O–H groups in total. The first-order valence-electron chi connectivity index (χ1n) is 7.34. The van der Waals surface area contributed by atoms with Crippen LogP contribution in [-0.2, 0) is 6.54 Å². The third-order valence-corrected chi connectivity index (χ3v) is 4.47. The van der Waals surface area contributed by atoms with E-state index < -0.39 is 0 Å². The quantitative estimate of drug-likeness (QED) is 0.881. The van der Waals surface area contributed by atoms with E-state index in [2.05, 4.69) is 48.2 Å². The lowest BCUT2D eigenvalue weighted by Gasteiger charge is -2.36. The zero-order valence-electron chi connectivity index (χ0n) is 11.9. The number of nitrogens with zero attached hydrogens (tertiary/aromatic N) is 1. The molecule has 1 heterocycles. The van der Waals surface area contributed by atoms with Crippen molar-refractivity contribution in [2.24, 2.45) is 11.7 Å². The van der Waals surface area contributed by atoms with Gasteiger partial charge in [0.25, 0.3) is 0 Å². The van der Waals surface area contributed by atoms with Crippen LogP contribution < -0.4 is 10.6 Å². The van der Waals surface area contributed by atoms with Crippen LogP contribution in [-0.4, -0.2) is 24.3 Å². The zero-order chi connectivity index (χ0) is 14.1. The summed E-state index contributed by atoms with van der Waals surface area (Å²) in [6, 6.07) is 12.7. The Balaban J connectivity index is 2.04. The number of hydrogen-bond donors (Lipinski definition) is 2. The lowest BCUT2D eigenvalue weighted by molar-refractivity contribution is 0.103. The first kappa shape index (κ1) is 13.4. The van der Waals surface area contributed by atoms with Crippen LogP contribution in [0.1, 0.15) is 18.9 Å². The second-order valence-electron chi connectivity index (χ2n) is 5.77. The average molecular weight is 270 g/mol. The predicted molar refractivity (Wildman–Crippen MR) is 83.8 cm³/mol. The fourth-order valence-electron chi connectivity index (χ4n) is 3.07. The fraction of sp³-hybridized carbons (Fsp3) is 0.412. The molecule has 3 nitrogen and oxygen atoms in total. The molecule has 0 spiro atoms. The van der Waals surface area contributed by atoms with Gasteiger partial charge in [0.2, 0.25) is 0 Å². The van der Waals surface area contributed by atoms with E-state index in [0.717, 1.165) is 13.0 Å². The molecule has 0 bridgehead atoms. The highest BCUT2D eigenvalue weighted by Gasteiger charge is 2.25. The Kier molecular flexibility index (Phi) is 3.64. The van der Waals surface area contributed by atoms with Gasteiger partial charge < -0.3 is 15.7 Å². The zero-order valence-corrected chi connectivity index (χ0v) is 11.9. The molecule has 3 rings (SSSR count). The lowest BCUT2D eigenvalue weighted by atomic mass is 9.94. The van der Waals surface area contributed by atoms with Crippen molar-refractivity contribution in [2.75, 3.05) is 18.0 Å². The molecule has 2 aromatic carbocycles. The summed E-state index contributed by atoms with van der Waals surface area (Å²) in [7, 11) is 0. The number of fused-ring (bicyclic) bond motifs is 1. The summed E-state index contributed by atoms with van der Waals surface area (Å²) in [6.07, 6.45) is 0.797. The van der Waals surface area contributed by atoms with Crippen molar-refractivity contribution >= 4 is 16.5 Å². The Morgan fingerprint density at radius 3 is 2.65 bits per heavy atom. The predicted octanol–water partition coefficient (Wildman–Crippen LogP) is 2.51. The molecular weight excluding hydrogens is 248 g/mol. The van der Waals surface area contributed by atoms with Gasteiger partial charge in [-0.3, -0.25) is 0 Å². The van der Waals surface area contributed by atoms with Crippen LogP contribution in [0, 0.1) is 5.92 Å². The van der Waals surface area contributed by atoms with E-state index in [1.807, 2.05) is 0 Å². The van der Waals surface area contributed by atoms with Gasteiger partial charge in [-0.05, 0) is 29.4 Å². The van der Waals surface area contributed by atoms with Gasteiger partial charge in [-0.15, -0.1) is 0 Å². The molecular formula is C17H22N2O. The van der Waals surface area contributed by atoms with E-state index >= 15 is 0 Å². The average Bonchev–Trinajstić information content (AvgIpc) is 2.49. The Labute approximate surface area is 120 Å². The van der Waals surface area contributed by atoms with E-state index in [1.165, 1.54) is 22.0 Å². The maximum absolute atomic E-state index is 10.1. The minimum absolute atomic E-state index is 0.239. The summed E-state index contributed by atoms with van der Waals surface area (Å²) in [4.78, 5) is 2.30. The molecule has 0 aliphatic carbocycles. The molecule has 0 amide bonds. The van der Waals surface area contributed by atoms with Crippen molar-refractivity contribution < 1.29 is 5.11 Å². The maximum Gasteiger partial charge on any atom is 0.0741 e. The number of nitrogens with two attached hydrogens (primary N) is 1. The van der Waals surface area contributed by atoms with Crippen molar-refractivity contribution in [1.29, 1.82) is 0 Å². The van der Waals surface area contributed by atoms with Crippen molar-refractivity contribution in [3.05, 3.63) is 42.0 Å². The summed E-state index contributed by atoms with van der Waals surface area (Å²) in [5.41, 5.74) is 8.22. The van der Waals surface area contributed by atoms with Crippen molar-refractivity contribution in [3.63, 3.8) is 0 Å². The molecule has 0 aromatic heterocycles. The largest absolute Gasteiger partial charge is 0.391 e. The van der Waals surface area contributed by atoms with Crippen LogP contribution in [0.2, 0.25) is 0 Å². The lowest BCUT2D eigenvalue weighted by Crippen LogP contribution is -2.43. The molecule has 1 aliphatic rings.